The molecular weight excluding hydrogens is 436 g/mol. The Morgan fingerprint density at radius 2 is 1.68 bits per heavy atom. The second-order valence-electron chi connectivity index (χ2n) is 8.84. The lowest BCUT2D eigenvalue weighted by molar-refractivity contribution is -0.143. The fraction of sp³-hybridized carbons (Fsp3) is 0.423. The van der Waals surface area contributed by atoms with Gasteiger partial charge in [0, 0.05) is 19.1 Å². The van der Waals surface area contributed by atoms with E-state index in [9.17, 15) is 19.5 Å². The maximum Gasteiger partial charge on any atom is 0.407 e. The second-order valence-corrected chi connectivity index (χ2v) is 8.84. The Hall–Kier alpha value is -3.39. The van der Waals surface area contributed by atoms with E-state index in [0.29, 0.717) is 12.8 Å². The number of hydrogen-bond donors (Lipinski definition) is 3. The molecule has 1 unspecified atom stereocenters. The van der Waals surface area contributed by atoms with Gasteiger partial charge in [-0.2, -0.15) is 0 Å². The zero-order valence-corrected chi connectivity index (χ0v) is 19.2. The fourth-order valence-corrected chi connectivity index (χ4v) is 4.95. The average molecular weight is 467 g/mol. The molecule has 0 radical (unpaired) electrons. The highest BCUT2D eigenvalue weighted by molar-refractivity contribution is 5.82. The molecule has 2 aliphatic carbocycles. The van der Waals surface area contributed by atoms with Crippen LogP contribution in [0.15, 0.2) is 48.5 Å². The lowest BCUT2D eigenvalue weighted by atomic mass is 9.85. The molecule has 3 N–H and O–H groups in total. The lowest BCUT2D eigenvalue weighted by Gasteiger charge is -2.28. The first-order valence-electron chi connectivity index (χ1n) is 11.6. The van der Waals surface area contributed by atoms with E-state index in [0.717, 1.165) is 35.1 Å². The van der Waals surface area contributed by atoms with Crippen LogP contribution < -0.4 is 10.6 Å². The summed E-state index contributed by atoms with van der Waals surface area (Å²) in [6.45, 7) is 0.135. The van der Waals surface area contributed by atoms with E-state index in [1.165, 1.54) is 7.11 Å². The van der Waals surface area contributed by atoms with Crippen molar-refractivity contribution in [3.8, 4) is 11.1 Å². The summed E-state index contributed by atoms with van der Waals surface area (Å²) in [7, 11) is 1.39. The molecule has 8 heteroatoms. The molecule has 180 valence electrons. The van der Waals surface area contributed by atoms with Crippen LogP contribution in [0.2, 0.25) is 0 Å². The zero-order valence-electron chi connectivity index (χ0n) is 19.2. The van der Waals surface area contributed by atoms with Gasteiger partial charge in [0.05, 0.1) is 12.5 Å². The van der Waals surface area contributed by atoms with Crippen molar-refractivity contribution in [2.45, 2.75) is 43.7 Å². The second kappa shape index (κ2) is 10.7. The van der Waals surface area contributed by atoms with Gasteiger partial charge in [-0.05, 0) is 41.5 Å². The Morgan fingerprint density at radius 1 is 1.03 bits per heavy atom. The summed E-state index contributed by atoms with van der Waals surface area (Å²) in [5.74, 6) is -1.70. The molecular formula is C26H30N2O6. The van der Waals surface area contributed by atoms with Crippen molar-refractivity contribution in [2.24, 2.45) is 5.92 Å². The average Bonchev–Trinajstić information content (AvgIpc) is 3.17. The Bertz CT molecular complexity index is 1010. The van der Waals surface area contributed by atoms with Crippen LogP contribution in [-0.2, 0) is 19.1 Å². The van der Waals surface area contributed by atoms with Gasteiger partial charge < -0.3 is 25.2 Å². The fourth-order valence-electron chi connectivity index (χ4n) is 4.95. The molecule has 34 heavy (non-hydrogen) atoms. The lowest BCUT2D eigenvalue weighted by Crippen LogP contribution is -2.48. The van der Waals surface area contributed by atoms with Gasteiger partial charge in [-0.25, -0.2) is 4.79 Å². The number of amides is 2. The van der Waals surface area contributed by atoms with Crippen molar-refractivity contribution in [1.82, 2.24) is 10.6 Å². The van der Waals surface area contributed by atoms with Gasteiger partial charge in [0.25, 0.3) is 5.91 Å². The van der Waals surface area contributed by atoms with E-state index in [1.807, 2.05) is 36.4 Å². The Labute approximate surface area is 198 Å². The van der Waals surface area contributed by atoms with E-state index >= 15 is 0 Å². The number of ether oxygens (including phenoxy) is 2. The number of rotatable bonds is 8. The monoisotopic (exact) mass is 466 g/mol. The largest absolute Gasteiger partial charge is 0.481 e. The third-order valence-electron chi connectivity index (χ3n) is 6.72. The first-order valence-corrected chi connectivity index (χ1v) is 11.6. The summed E-state index contributed by atoms with van der Waals surface area (Å²) < 4.78 is 10.8. The van der Waals surface area contributed by atoms with Crippen LogP contribution in [0.1, 0.15) is 42.7 Å². The van der Waals surface area contributed by atoms with Gasteiger partial charge in [-0.1, -0.05) is 55.0 Å². The minimum absolute atomic E-state index is 0.0475. The van der Waals surface area contributed by atoms with Crippen LogP contribution in [0.3, 0.4) is 0 Å². The number of carbonyl (C=O) groups excluding carboxylic acids is 2. The molecule has 0 spiro atoms. The van der Waals surface area contributed by atoms with E-state index in [-0.39, 0.29) is 31.0 Å². The molecule has 0 bridgehead atoms. The van der Waals surface area contributed by atoms with Crippen LogP contribution in [0.4, 0.5) is 4.79 Å². The number of carbonyl (C=O) groups is 3. The van der Waals surface area contributed by atoms with E-state index in [2.05, 4.69) is 22.8 Å². The van der Waals surface area contributed by atoms with Gasteiger partial charge >= 0.3 is 12.1 Å². The maximum atomic E-state index is 12.6. The van der Waals surface area contributed by atoms with Crippen molar-refractivity contribution in [2.75, 3.05) is 20.3 Å². The zero-order chi connectivity index (χ0) is 24.1. The normalized spacial score (nSPS) is 20.0. The van der Waals surface area contributed by atoms with Gasteiger partial charge in [0.1, 0.15) is 6.61 Å². The molecule has 3 atom stereocenters. The Morgan fingerprint density at radius 3 is 2.29 bits per heavy atom. The summed E-state index contributed by atoms with van der Waals surface area (Å²) in [4.78, 5) is 36.2. The SMILES string of the molecule is COC(CNC(=O)OCC1c2ccccc2-c2ccccc21)C(=O)N[C@H]1CCC[C@@H](C(=O)O)C1. The van der Waals surface area contributed by atoms with Crippen molar-refractivity contribution in [1.29, 1.82) is 0 Å². The van der Waals surface area contributed by atoms with Gasteiger partial charge in [0.15, 0.2) is 6.10 Å². The summed E-state index contributed by atoms with van der Waals surface area (Å²) in [6.07, 6.45) is 0.977. The number of fused-ring (bicyclic) bond motifs is 3. The minimum Gasteiger partial charge on any atom is -0.481 e. The van der Waals surface area contributed by atoms with Crippen LogP contribution in [-0.4, -0.2) is 55.5 Å². The van der Waals surface area contributed by atoms with Crippen molar-refractivity contribution in [3.05, 3.63) is 59.7 Å². The van der Waals surface area contributed by atoms with Crippen LogP contribution in [0, 0.1) is 5.92 Å². The molecule has 0 aromatic heterocycles. The number of hydrogen-bond acceptors (Lipinski definition) is 5. The minimum atomic E-state index is -0.898. The molecule has 1 fully saturated rings. The van der Waals surface area contributed by atoms with Gasteiger partial charge in [0.2, 0.25) is 0 Å². The number of carboxylic acids is 1. The molecule has 0 saturated heterocycles. The first kappa shape index (κ1) is 23.8. The number of alkyl carbamates (subject to hydrolysis) is 1. The highest BCUT2D eigenvalue weighted by atomic mass is 16.5. The Balaban J connectivity index is 1.28. The number of carboxylic acid groups (broad SMARTS) is 1. The number of nitrogens with one attached hydrogen (secondary N) is 2. The number of benzene rings is 2. The number of methoxy groups -OCH3 is 1. The molecule has 2 amide bonds. The molecule has 4 rings (SSSR count). The van der Waals surface area contributed by atoms with E-state index < -0.39 is 24.1 Å². The van der Waals surface area contributed by atoms with Crippen molar-refractivity contribution in [3.63, 3.8) is 0 Å². The molecule has 0 aliphatic heterocycles. The number of aliphatic carboxylic acids is 1. The predicted octanol–water partition coefficient (Wildman–Crippen LogP) is 3.30. The molecule has 8 nitrogen and oxygen atoms in total. The molecule has 1 saturated carbocycles. The Kier molecular flexibility index (Phi) is 7.47. The van der Waals surface area contributed by atoms with Crippen molar-refractivity contribution < 1.29 is 29.0 Å². The smallest absolute Gasteiger partial charge is 0.407 e. The molecule has 0 heterocycles. The molecule has 2 aromatic rings. The third kappa shape index (κ3) is 5.22. The van der Waals surface area contributed by atoms with Crippen LogP contribution in [0.25, 0.3) is 11.1 Å². The van der Waals surface area contributed by atoms with Gasteiger partial charge in [-0.15, -0.1) is 0 Å². The molecule has 2 aromatic carbocycles. The quantitative estimate of drug-likeness (QED) is 0.550. The summed E-state index contributed by atoms with van der Waals surface area (Å²) in [5.41, 5.74) is 4.54. The third-order valence-corrected chi connectivity index (χ3v) is 6.72. The maximum absolute atomic E-state index is 12.6. The van der Waals surface area contributed by atoms with E-state index in [4.69, 9.17) is 9.47 Å². The summed E-state index contributed by atoms with van der Waals surface area (Å²) in [6, 6.07) is 16.0. The highest BCUT2D eigenvalue weighted by Gasteiger charge is 2.31. The highest BCUT2D eigenvalue weighted by Crippen LogP contribution is 2.44. The van der Waals surface area contributed by atoms with Gasteiger partial charge in [-0.3, -0.25) is 9.59 Å². The van der Waals surface area contributed by atoms with Crippen molar-refractivity contribution >= 4 is 18.0 Å². The van der Waals surface area contributed by atoms with E-state index in [1.54, 1.807) is 0 Å². The predicted molar refractivity (Wildman–Crippen MR) is 125 cm³/mol. The standard InChI is InChI=1S/C26H30N2O6/c1-33-23(24(29)28-17-8-6-7-16(13-17)25(30)31)14-27-26(32)34-15-22-20-11-4-2-9-18(20)19-10-3-5-12-21(19)22/h2-5,9-12,16-17,22-23H,6-8,13-15H2,1H3,(H,27,32)(H,28,29)(H,30,31)/t16-,17+,23?/m1/s1. The molecule has 2 aliphatic rings. The summed E-state index contributed by atoms with van der Waals surface area (Å²) in [5, 5.41) is 14.7. The first-order chi connectivity index (χ1) is 16.5. The summed E-state index contributed by atoms with van der Waals surface area (Å²) >= 11 is 0. The van der Waals surface area contributed by atoms with Crippen LogP contribution in [0.5, 0.6) is 0 Å². The topological polar surface area (TPSA) is 114 Å². The van der Waals surface area contributed by atoms with Crippen LogP contribution >= 0.6 is 0 Å².